The zero-order valence-electron chi connectivity index (χ0n) is 18.6. The molecular weight excluding hydrogens is 404 g/mol. The van der Waals surface area contributed by atoms with Crippen LogP contribution in [-0.2, 0) is 10.2 Å². The molecule has 6 heteroatoms. The Hall–Kier alpha value is -3.80. The maximum absolute atomic E-state index is 12.3. The molecule has 6 nitrogen and oxygen atoms in total. The Morgan fingerprint density at radius 2 is 1.66 bits per heavy atom. The van der Waals surface area contributed by atoms with E-state index in [9.17, 15) is 4.79 Å². The quantitative estimate of drug-likeness (QED) is 0.417. The molecular formula is C26H26N2O4. The maximum Gasteiger partial charge on any atom is 0.262 e. The molecule has 1 amide bonds. The molecule has 0 unspecified atom stereocenters. The summed E-state index contributed by atoms with van der Waals surface area (Å²) in [4.78, 5) is 16.8. The lowest BCUT2D eigenvalue weighted by Gasteiger charge is -2.19. The highest BCUT2D eigenvalue weighted by molar-refractivity contribution is 5.92. The van der Waals surface area contributed by atoms with Gasteiger partial charge in [0.15, 0.2) is 12.2 Å². The van der Waals surface area contributed by atoms with Crippen LogP contribution in [0.5, 0.6) is 11.5 Å². The van der Waals surface area contributed by atoms with Crippen molar-refractivity contribution >= 4 is 22.7 Å². The average molecular weight is 431 g/mol. The fraction of sp³-hybridized carbons (Fsp3) is 0.231. The molecule has 0 bridgehead atoms. The maximum atomic E-state index is 12.3. The summed E-state index contributed by atoms with van der Waals surface area (Å²) in [5.41, 5.74) is 4.19. The van der Waals surface area contributed by atoms with Gasteiger partial charge in [0.2, 0.25) is 5.89 Å². The summed E-state index contributed by atoms with van der Waals surface area (Å²) < 4.78 is 16.6. The number of carbonyl (C=O) groups excluding carboxylic acids is 1. The van der Waals surface area contributed by atoms with Gasteiger partial charge < -0.3 is 19.2 Å². The van der Waals surface area contributed by atoms with Gasteiger partial charge in [0.05, 0.1) is 7.11 Å². The van der Waals surface area contributed by atoms with Crippen LogP contribution in [0, 0.1) is 0 Å². The molecule has 0 aliphatic carbocycles. The van der Waals surface area contributed by atoms with E-state index in [1.165, 1.54) is 5.56 Å². The molecule has 0 radical (unpaired) electrons. The molecule has 4 aromatic rings. The van der Waals surface area contributed by atoms with Crippen LogP contribution < -0.4 is 14.8 Å². The van der Waals surface area contributed by atoms with Crippen LogP contribution in [-0.4, -0.2) is 24.6 Å². The van der Waals surface area contributed by atoms with Crippen molar-refractivity contribution < 1.29 is 18.7 Å². The summed E-state index contributed by atoms with van der Waals surface area (Å²) in [5, 5.41) is 2.84. The Balaban J connectivity index is 1.35. The topological polar surface area (TPSA) is 73.6 Å². The number of nitrogens with one attached hydrogen (secondary N) is 1. The van der Waals surface area contributed by atoms with Crippen molar-refractivity contribution in [1.29, 1.82) is 0 Å². The highest BCUT2D eigenvalue weighted by Crippen LogP contribution is 2.28. The van der Waals surface area contributed by atoms with Crippen LogP contribution in [0.4, 0.5) is 5.69 Å². The number of benzene rings is 3. The van der Waals surface area contributed by atoms with Crippen molar-refractivity contribution in [2.24, 2.45) is 0 Å². The highest BCUT2D eigenvalue weighted by atomic mass is 16.5. The Bertz CT molecular complexity index is 1220. The van der Waals surface area contributed by atoms with E-state index in [1.54, 1.807) is 19.2 Å². The van der Waals surface area contributed by atoms with E-state index in [4.69, 9.17) is 13.9 Å². The smallest absolute Gasteiger partial charge is 0.262 e. The third-order valence-corrected chi connectivity index (χ3v) is 5.10. The molecule has 3 aromatic carbocycles. The normalized spacial score (nSPS) is 11.4. The molecule has 0 aliphatic heterocycles. The molecule has 0 spiro atoms. The average Bonchev–Trinajstić information content (AvgIpc) is 3.21. The number of nitrogens with zero attached hydrogens (tertiary/aromatic N) is 1. The van der Waals surface area contributed by atoms with Crippen molar-refractivity contribution in [2.75, 3.05) is 19.0 Å². The molecule has 1 N–H and O–H groups in total. The van der Waals surface area contributed by atoms with Gasteiger partial charge in [-0.05, 0) is 59.5 Å². The van der Waals surface area contributed by atoms with Crippen LogP contribution in [0.1, 0.15) is 26.3 Å². The summed E-state index contributed by atoms with van der Waals surface area (Å²) in [5.74, 6) is 1.67. The number of methoxy groups -OCH3 is 1. The standard InChI is InChI=1S/C26H26N2O4/c1-26(2,3)18-7-11-20(12-8-18)31-16-24(29)27-19-9-5-17(6-10-19)25-28-22-15-21(30-4)13-14-23(22)32-25/h5-15H,16H2,1-4H3,(H,27,29). The molecule has 0 saturated carbocycles. The summed E-state index contributed by atoms with van der Waals surface area (Å²) in [6, 6.07) is 20.6. The first kappa shape index (κ1) is 21.4. The molecule has 1 heterocycles. The fourth-order valence-electron chi connectivity index (χ4n) is 3.25. The van der Waals surface area contributed by atoms with Gasteiger partial charge in [0.25, 0.3) is 5.91 Å². The summed E-state index contributed by atoms with van der Waals surface area (Å²) >= 11 is 0. The van der Waals surface area contributed by atoms with E-state index >= 15 is 0 Å². The zero-order valence-corrected chi connectivity index (χ0v) is 18.6. The molecule has 4 rings (SSSR count). The molecule has 0 fully saturated rings. The van der Waals surface area contributed by atoms with Crippen molar-refractivity contribution in [2.45, 2.75) is 26.2 Å². The number of rotatable bonds is 6. The van der Waals surface area contributed by atoms with Crippen molar-refractivity contribution in [3.8, 4) is 23.0 Å². The Kier molecular flexibility index (Phi) is 5.86. The van der Waals surface area contributed by atoms with Gasteiger partial charge in [-0.2, -0.15) is 0 Å². The molecule has 32 heavy (non-hydrogen) atoms. The number of anilines is 1. The van der Waals surface area contributed by atoms with Crippen molar-refractivity contribution in [3.05, 3.63) is 72.3 Å². The van der Waals surface area contributed by atoms with Crippen LogP contribution in [0.3, 0.4) is 0 Å². The first-order chi connectivity index (χ1) is 15.3. The number of fused-ring (bicyclic) bond motifs is 1. The number of hydrogen-bond donors (Lipinski definition) is 1. The van der Waals surface area contributed by atoms with Gasteiger partial charge in [-0.15, -0.1) is 0 Å². The molecule has 164 valence electrons. The first-order valence-corrected chi connectivity index (χ1v) is 10.4. The Labute approximate surface area is 187 Å². The van der Waals surface area contributed by atoms with E-state index in [-0.39, 0.29) is 17.9 Å². The van der Waals surface area contributed by atoms with Gasteiger partial charge in [-0.25, -0.2) is 4.98 Å². The second-order valence-electron chi connectivity index (χ2n) is 8.54. The third kappa shape index (κ3) is 4.91. The first-order valence-electron chi connectivity index (χ1n) is 10.4. The summed E-state index contributed by atoms with van der Waals surface area (Å²) in [7, 11) is 1.61. The van der Waals surface area contributed by atoms with Gasteiger partial charge in [-0.3, -0.25) is 4.79 Å². The fourth-order valence-corrected chi connectivity index (χ4v) is 3.25. The lowest BCUT2D eigenvalue weighted by molar-refractivity contribution is -0.118. The van der Waals surface area contributed by atoms with Crippen LogP contribution in [0.15, 0.2) is 71.1 Å². The van der Waals surface area contributed by atoms with E-state index in [1.807, 2.05) is 54.6 Å². The number of ether oxygens (including phenoxy) is 2. The van der Waals surface area contributed by atoms with Crippen LogP contribution >= 0.6 is 0 Å². The largest absolute Gasteiger partial charge is 0.497 e. The van der Waals surface area contributed by atoms with Crippen molar-refractivity contribution in [3.63, 3.8) is 0 Å². The third-order valence-electron chi connectivity index (χ3n) is 5.10. The summed E-state index contributed by atoms with van der Waals surface area (Å²) in [6.07, 6.45) is 0. The zero-order chi connectivity index (χ0) is 22.7. The number of oxazole rings is 1. The number of carbonyl (C=O) groups is 1. The van der Waals surface area contributed by atoms with Gasteiger partial charge in [0, 0.05) is 17.3 Å². The van der Waals surface area contributed by atoms with Crippen LogP contribution in [0.25, 0.3) is 22.6 Å². The van der Waals surface area contributed by atoms with E-state index in [0.29, 0.717) is 22.9 Å². The number of amides is 1. The minimum Gasteiger partial charge on any atom is -0.497 e. The second-order valence-corrected chi connectivity index (χ2v) is 8.54. The minimum absolute atomic E-state index is 0.0659. The lowest BCUT2D eigenvalue weighted by atomic mass is 9.87. The van der Waals surface area contributed by atoms with Gasteiger partial charge in [-0.1, -0.05) is 32.9 Å². The minimum atomic E-state index is -0.230. The van der Waals surface area contributed by atoms with Gasteiger partial charge in [0.1, 0.15) is 17.0 Å². The Morgan fingerprint density at radius 1 is 0.969 bits per heavy atom. The molecule has 0 aliphatic rings. The monoisotopic (exact) mass is 430 g/mol. The number of hydrogen-bond acceptors (Lipinski definition) is 5. The highest BCUT2D eigenvalue weighted by Gasteiger charge is 2.13. The predicted octanol–water partition coefficient (Wildman–Crippen LogP) is 5.82. The SMILES string of the molecule is COc1ccc2oc(-c3ccc(NC(=O)COc4ccc(C(C)(C)C)cc4)cc3)nc2c1. The molecule has 0 atom stereocenters. The van der Waals surface area contributed by atoms with Gasteiger partial charge >= 0.3 is 0 Å². The molecule has 0 saturated heterocycles. The predicted molar refractivity (Wildman–Crippen MR) is 125 cm³/mol. The van der Waals surface area contributed by atoms with E-state index < -0.39 is 0 Å². The summed E-state index contributed by atoms with van der Waals surface area (Å²) in [6.45, 7) is 6.40. The Morgan fingerprint density at radius 3 is 2.31 bits per heavy atom. The van der Waals surface area contributed by atoms with Crippen molar-refractivity contribution in [1.82, 2.24) is 4.98 Å². The lowest BCUT2D eigenvalue weighted by Crippen LogP contribution is -2.20. The number of aromatic nitrogens is 1. The van der Waals surface area contributed by atoms with E-state index in [0.717, 1.165) is 16.8 Å². The van der Waals surface area contributed by atoms with Crippen LogP contribution in [0.2, 0.25) is 0 Å². The molecule has 1 aromatic heterocycles. The second kappa shape index (κ2) is 8.75. The van der Waals surface area contributed by atoms with E-state index in [2.05, 4.69) is 31.1 Å².